The Balaban J connectivity index is 1.83. The van der Waals surface area contributed by atoms with Crippen LogP contribution in [0.4, 0.5) is 0 Å². The summed E-state index contributed by atoms with van der Waals surface area (Å²) in [7, 11) is 1.68. The highest BCUT2D eigenvalue weighted by Gasteiger charge is 2.26. The molecule has 1 aliphatic rings. The zero-order chi connectivity index (χ0) is 22.6. The van der Waals surface area contributed by atoms with Crippen molar-refractivity contribution in [3.63, 3.8) is 0 Å². The van der Waals surface area contributed by atoms with E-state index in [1.165, 1.54) is 12.8 Å². The first-order valence-corrected chi connectivity index (χ1v) is 11.6. The van der Waals surface area contributed by atoms with Crippen molar-refractivity contribution in [1.82, 2.24) is 10.6 Å². The van der Waals surface area contributed by atoms with Gasteiger partial charge in [-0.05, 0) is 56.1 Å². The predicted molar refractivity (Wildman–Crippen MR) is 123 cm³/mol. The Kier molecular flexibility index (Phi) is 11.3. The van der Waals surface area contributed by atoms with E-state index in [1.807, 2.05) is 18.2 Å². The van der Waals surface area contributed by atoms with Gasteiger partial charge in [0.1, 0.15) is 5.75 Å². The highest BCUT2D eigenvalue weighted by Crippen LogP contribution is 2.21. The standard InChI is InChI=1S/C24H41N3O4/c1-17(2)18(14-21(25)22(28)16-26-19-10-11-19)15-27-24(29)20-8-4-5-9-23(20)31-13-7-6-12-30-3/h4-5,8-9,17-19,21-22,26,28H,6-7,10-16,25H2,1-3H3,(H,27,29)/t18-,21+,22+/m1/s1. The molecule has 1 saturated carbocycles. The molecule has 7 nitrogen and oxygen atoms in total. The average Bonchev–Trinajstić information content (AvgIpc) is 3.59. The molecule has 0 unspecified atom stereocenters. The predicted octanol–water partition coefficient (Wildman–Crippen LogP) is 2.32. The van der Waals surface area contributed by atoms with Gasteiger partial charge in [-0.3, -0.25) is 4.79 Å². The smallest absolute Gasteiger partial charge is 0.255 e. The fourth-order valence-corrected chi connectivity index (χ4v) is 3.45. The summed E-state index contributed by atoms with van der Waals surface area (Å²) >= 11 is 0. The molecule has 176 valence electrons. The molecule has 0 aliphatic heterocycles. The van der Waals surface area contributed by atoms with Gasteiger partial charge in [-0.15, -0.1) is 0 Å². The van der Waals surface area contributed by atoms with Crippen LogP contribution in [0.5, 0.6) is 5.75 Å². The Morgan fingerprint density at radius 2 is 1.90 bits per heavy atom. The first kappa shape index (κ1) is 25.6. The largest absolute Gasteiger partial charge is 0.493 e. The van der Waals surface area contributed by atoms with Crippen LogP contribution in [-0.2, 0) is 4.74 Å². The van der Waals surface area contributed by atoms with Crippen molar-refractivity contribution >= 4 is 5.91 Å². The number of rotatable bonds is 16. The molecule has 1 aromatic carbocycles. The van der Waals surface area contributed by atoms with E-state index in [4.69, 9.17) is 15.2 Å². The molecule has 0 radical (unpaired) electrons. The normalized spacial score (nSPS) is 16.7. The van der Waals surface area contributed by atoms with E-state index in [0.717, 1.165) is 12.8 Å². The molecule has 1 amide bonds. The van der Waals surface area contributed by atoms with Crippen LogP contribution in [0.1, 0.15) is 56.3 Å². The zero-order valence-electron chi connectivity index (χ0n) is 19.3. The van der Waals surface area contributed by atoms with E-state index in [0.29, 0.717) is 56.0 Å². The summed E-state index contributed by atoms with van der Waals surface area (Å²) in [6, 6.07) is 7.54. The Morgan fingerprint density at radius 3 is 2.58 bits per heavy atom. The number of carbonyl (C=O) groups excluding carboxylic acids is 1. The van der Waals surface area contributed by atoms with Gasteiger partial charge in [0.05, 0.1) is 18.3 Å². The number of methoxy groups -OCH3 is 1. The molecule has 1 aliphatic carbocycles. The fourth-order valence-electron chi connectivity index (χ4n) is 3.45. The number of aliphatic hydroxyl groups is 1. The van der Waals surface area contributed by atoms with E-state index >= 15 is 0 Å². The fraction of sp³-hybridized carbons (Fsp3) is 0.708. The molecule has 7 heteroatoms. The van der Waals surface area contributed by atoms with Crippen molar-refractivity contribution in [2.45, 2.75) is 64.1 Å². The first-order chi connectivity index (χ1) is 14.9. The third-order valence-corrected chi connectivity index (χ3v) is 5.86. The number of hydrogen-bond donors (Lipinski definition) is 4. The van der Waals surface area contributed by atoms with E-state index in [9.17, 15) is 9.90 Å². The summed E-state index contributed by atoms with van der Waals surface area (Å²) in [5.41, 5.74) is 6.80. The number of para-hydroxylation sites is 1. The minimum absolute atomic E-state index is 0.150. The topological polar surface area (TPSA) is 106 Å². The molecular formula is C24H41N3O4. The van der Waals surface area contributed by atoms with Gasteiger partial charge >= 0.3 is 0 Å². The van der Waals surface area contributed by atoms with Crippen molar-refractivity contribution in [2.24, 2.45) is 17.6 Å². The Hall–Kier alpha value is -1.67. The van der Waals surface area contributed by atoms with E-state index in [2.05, 4.69) is 24.5 Å². The van der Waals surface area contributed by atoms with E-state index < -0.39 is 6.10 Å². The van der Waals surface area contributed by atoms with Gasteiger partial charge in [0.15, 0.2) is 0 Å². The van der Waals surface area contributed by atoms with Crippen molar-refractivity contribution in [1.29, 1.82) is 0 Å². The Morgan fingerprint density at radius 1 is 1.19 bits per heavy atom. The number of nitrogens with two attached hydrogens (primary N) is 1. The highest BCUT2D eigenvalue weighted by atomic mass is 16.5. The van der Waals surface area contributed by atoms with Crippen LogP contribution < -0.4 is 21.1 Å². The molecular weight excluding hydrogens is 394 g/mol. The van der Waals surface area contributed by atoms with Crippen LogP contribution in [0.2, 0.25) is 0 Å². The van der Waals surface area contributed by atoms with Gasteiger partial charge in [-0.25, -0.2) is 0 Å². The molecule has 0 bridgehead atoms. The van der Waals surface area contributed by atoms with Crippen LogP contribution in [-0.4, -0.2) is 62.6 Å². The lowest BCUT2D eigenvalue weighted by Gasteiger charge is -2.27. The van der Waals surface area contributed by atoms with Crippen molar-refractivity contribution in [3.05, 3.63) is 29.8 Å². The van der Waals surface area contributed by atoms with Gasteiger partial charge in [-0.1, -0.05) is 26.0 Å². The second kappa shape index (κ2) is 13.7. The maximum Gasteiger partial charge on any atom is 0.255 e. The summed E-state index contributed by atoms with van der Waals surface area (Å²) in [4.78, 5) is 12.8. The maximum atomic E-state index is 12.8. The molecule has 31 heavy (non-hydrogen) atoms. The molecule has 1 fully saturated rings. The summed E-state index contributed by atoms with van der Waals surface area (Å²) in [5.74, 6) is 0.957. The van der Waals surface area contributed by atoms with Gasteiger partial charge in [0, 0.05) is 38.9 Å². The van der Waals surface area contributed by atoms with Gasteiger partial charge in [0.25, 0.3) is 5.91 Å². The summed E-state index contributed by atoms with van der Waals surface area (Å²) < 4.78 is 10.9. The zero-order valence-corrected chi connectivity index (χ0v) is 19.3. The molecule has 0 heterocycles. The summed E-state index contributed by atoms with van der Waals surface area (Å²) in [5, 5.41) is 16.7. The van der Waals surface area contributed by atoms with Crippen LogP contribution in [0.25, 0.3) is 0 Å². The monoisotopic (exact) mass is 435 g/mol. The van der Waals surface area contributed by atoms with Gasteiger partial charge < -0.3 is 30.9 Å². The minimum atomic E-state index is -0.579. The third-order valence-electron chi connectivity index (χ3n) is 5.86. The number of unbranched alkanes of at least 4 members (excludes halogenated alkanes) is 1. The highest BCUT2D eigenvalue weighted by molar-refractivity contribution is 5.96. The first-order valence-electron chi connectivity index (χ1n) is 11.6. The lowest BCUT2D eigenvalue weighted by Crippen LogP contribution is -2.45. The minimum Gasteiger partial charge on any atom is -0.493 e. The quantitative estimate of drug-likeness (QED) is 0.297. The van der Waals surface area contributed by atoms with Crippen molar-refractivity contribution < 1.29 is 19.4 Å². The maximum absolute atomic E-state index is 12.8. The molecule has 0 spiro atoms. The number of amides is 1. The molecule has 2 rings (SSSR count). The number of carbonyl (C=O) groups is 1. The Bertz CT molecular complexity index is 651. The van der Waals surface area contributed by atoms with Crippen LogP contribution >= 0.6 is 0 Å². The average molecular weight is 436 g/mol. The molecule has 0 saturated heterocycles. The van der Waals surface area contributed by atoms with Gasteiger partial charge in [0.2, 0.25) is 0 Å². The van der Waals surface area contributed by atoms with E-state index in [-0.39, 0.29) is 17.9 Å². The number of hydrogen-bond acceptors (Lipinski definition) is 6. The van der Waals surface area contributed by atoms with Crippen LogP contribution in [0, 0.1) is 11.8 Å². The SMILES string of the molecule is COCCCCOc1ccccc1C(=O)NC[C@@H](C[C@H](N)[C@@H](O)CNC1CC1)C(C)C. The number of benzene rings is 1. The van der Waals surface area contributed by atoms with E-state index in [1.54, 1.807) is 13.2 Å². The molecule has 1 aromatic rings. The lowest BCUT2D eigenvalue weighted by molar-refractivity contribution is 0.0927. The Labute approximate surface area is 187 Å². The summed E-state index contributed by atoms with van der Waals surface area (Å²) in [6.07, 6.45) is 4.23. The van der Waals surface area contributed by atoms with Crippen LogP contribution in [0.15, 0.2) is 24.3 Å². The molecule has 5 N–H and O–H groups in total. The second-order valence-corrected chi connectivity index (χ2v) is 8.91. The third kappa shape index (κ3) is 9.56. The van der Waals surface area contributed by atoms with Crippen molar-refractivity contribution in [3.8, 4) is 5.75 Å². The number of aliphatic hydroxyl groups excluding tert-OH is 1. The summed E-state index contributed by atoms with van der Waals surface area (Å²) in [6.45, 7) is 6.53. The second-order valence-electron chi connectivity index (χ2n) is 8.91. The van der Waals surface area contributed by atoms with Gasteiger partial charge in [-0.2, -0.15) is 0 Å². The lowest BCUT2D eigenvalue weighted by atomic mass is 9.87. The van der Waals surface area contributed by atoms with Crippen molar-refractivity contribution in [2.75, 3.05) is 33.4 Å². The molecule has 3 atom stereocenters. The molecule has 0 aromatic heterocycles. The number of ether oxygens (including phenoxy) is 2. The van der Waals surface area contributed by atoms with Crippen LogP contribution in [0.3, 0.4) is 0 Å². The number of nitrogens with one attached hydrogen (secondary N) is 2.